The normalized spacial score (nSPS) is 12.5. The van der Waals surface area contributed by atoms with E-state index in [1.54, 1.807) is 61.5 Å². The Balaban J connectivity index is 1.68. The van der Waals surface area contributed by atoms with E-state index in [-0.39, 0.29) is 29.1 Å². The number of benzene rings is 4. The van der Waals surface area contributed by atoms with E-state index in [1.165, 1.54) is 41.3 Å². The van der Waals surface area contributed by atoms with E-state index in [0.29, 0.717) is 23.5 Å². The molecule has 0 spiro atoms. The minimum Gasteiger partial charge on any atom is -0.457 e. The second kappa shape index (κ2) is 14.7. The molecule has 0 radical (unpaired) electrons. The molecule has 0 unspecified atom stereocenters. The molecule has 0 bridgehead atoms. The van der Waals surface area contributed by atoms with Gasteiger partial charge in [0.2, 0.25) is 11.8 Å². The second-order valence-electron chi connectivity index (χ2n) is 10.4. The maximum Gasteiger partial charge on any atom is 0.264 e. The van der Waals surface area contributed by atoms with Crippen molar-refractivity contribution in [1.82, 2.24) is 10.2 Å². The van der Waals surface area contributed by atoms with Gasteiger partial charge in [-0.25, -0.2) is 12.8 Å². The van der Waals surface area contributed by atoms with Gasteiger partial charge >= 0.3 is 0 Å². The predicted octanol–water partition coefficient (Wildman–Crippen LogP) is 6.15. The van der Waals surface area contributed by atoms with Gasteiger partial charge in [0.1, 0.15) is 29.9 Å². The van der Waals surface area contributed by atoms with Gasteiger partial charge in [0, 0.05) is 12.6 Å². The van der Waals surface area contributed by atoms with Crippen molar-refractivity contribution >= 4 is 27.5 Å². The number of amides is 2. The number of nitrogens with one attached hydrogen (secondary N) is 1. The molecule has 44 heavy (non-hydrogen) atoms. The average Bonchev–Trinajstić information content (AvgIpc) is 3.04. The maximum atomic E-state index is 14.0. The Morgan fingerprint density at radius 2 is 1.39 bits per heavy atom. The summed E-state index contributed by atoms with van der Waals surface area (Å²) in [6.45, 7) is 4.76. The number of halogens is 1. The van der Waals surface area contributed by atoms with Crippen LogP contribution < -0.4 is 14.4 Å². The first kappa shape index (κ1) is 32.2. The topological polar surface area (TPSA) is 96.0 Å². The number of carbonyl (C=O) groups is 2. The first-order valence-corrected chi connectivity index (χ1v) is 15.8. The summed E-state index contributed by atoms with van der Waals surface area (Å²) in [7, 11) is -4.21. The van der Waals surface area contributed by atoms with E-state index in [9.17, 15) is 22.4 Å². The largest absolute Gasteiger partial charge is 0.457 e. The number of rotatable bonds is 13. The molecule has 4 aromatic carbocycles. The Hall–Kier alpha value is -4.70. The zero-order chi connectivity index (χ0) is 31.7. The fraction of sp³-hybridized carbons (Fsp3) is 0.235. The summed E-state index contributed by atoms with van der Waals surface area (Å²) < 4.78 is 48.4. The second-order valence-corrected chi connectivity index (χ2v) is 12.2. The van der Waals surface area contributed by atoms with Crippen molar-refractivity contribution in [1.29, 1.82) is 0 Å². The van der Waals surface area contributed by atoms with Crippen LogP contribution in [0.2, 0.25) is 0 Å². The molecule has 1 N–H and O–H groups in total. The Morgan fingerprint density at radius 1 is 0.818 bits per heavy atom. The first-order valence-electron chi connectivity index (χ1n) is 14.3. The van der Waals surface area contributed by atoms with E-state index in [1.807, 2.05) is 32.0 Å². The third kappa shape index (κ3) is 8.23. The molecule has 0 fully saturated rings. The molecule has 0 aromatic heterocycles. The van der Waals surface area contributed by atoms with Crippen molar-refractivity contribution in [2.45, 2.75) is 50.7 Å². The number of hydrogen-bond donors (Lipinski definition) is 1. The Morgan fingerprint density at radius 3 is 1.98 bits per heavy atom. The van der Waals surface area contributed by atoms with Crippen LogP contribution in [-0.4, -0.2) is 43.8 Å². The van der Waals surface area contributed by atoms with Gasteiger partial charge in [0.05, 0.1) is 10.6 Å². The first-order chi connectivity index (χ1) is 21.1. The smallest absolute Gasteiger partial charge is 0.264 e. The van der Waals surface area contributed by atoms with Gasteiger partial charge in [-0.15, -0.1) is 0 Å². The van der Waals surface area contributed by atoms with Gasteiger partial charge < -0.3 is 15.0 Å². The van der Waals surface area contributed by atoms with E-state index in [4.69, 9.17) is 4.74 Å². The SMILES string of the molecule is CC[C@@H](C)NC(=O)[C@@H](C)N(Cc1ccc(F)cc1)C(=O)CN(c1ccc(Oc2ccccc2)cc1)S(=O)(=O)c1ccccc1. The fourth-order valence-electron chi connectivity index (χ4n) is 4.39. The Bertz CT molecular complexity index is 1630. The van der Waals surface area contributed by atoms with Crippen LogP contribution in [0.3, 0.4) is 0 Å². The van der Waals surface area contributed by atoms with Crippen LogP contribution in [0.1, 0.15) is 32.8 Å². The lowest BCUT2D eigenvalue weighted by Crippen LogP contribution is -2.52. The Labute approximate surface area is 258 Å². The molecule has 8 nitrogen and oxygen atoms in total. The van der Waals surface area contributed by atoms with Gasteiger partial charge in [-0.3, -0.25) is 13.9 Å². The highest BCUT2D eigenvalue weighted by Gasteiger charge is 2.32. The van der Waals surface area contributed by atoms with Gasteiger partial charge in [0.15, 0.2) is 0 Å². The summed E-state index contributed by atoms with van der Waals surface area (Å²) in [5.74, 6) is -0.323. The molecule has 4 aromatic rings. The molecule has 0 aliphatic rings. The summed E-state index contributed by atoms with van der Waals surface area (Å²) in [4.78, 5) is 28.5. The molecular weight excluding hydrogens is 581 g/mol. The average molecular weight is 618 g/mol. The van der Waals surface area contributed by atoms with E-state index in [0.717, 1.165) is 4.31 Å². The van der Waals surface area contributed by atoms with E-state index in [2.05, 4.69) is 5.32 Å². The summed E-state index contributed by atoms with van der Waals surface area (Å²) in [5.41, 5.74) is 0.823. The molecule has 0 aliphatic carbocycles. The zero-order valence-corrected chi connectivity index (χ0v) is 25.7. The van der Waals surface area contributed by atoms with Crippen LogP contribution in [0.25, 0.3) is 0 Å². The third-order valence-electron chi connectivity index (χ3n) is 7.15. The van der Waals surface area contributed by atoms with Crippen LogP contribution in [-0.2, 0) is 26.2 Å². The van der Waals surface area contributed by atoms with Crippen molar-refractivity contribution in [2.24, 2.45) is 0 Å². The number of carbonyl (C=O) groups excluding carboxylic acids is 2. The Kier molecular flexibility index (Phi) is 10.7. The lowest BCUT2D eigenvalue weighted by Gasteiger charge is -2.32. The van der Waals surface area contributed by atoms with Crippen LogP contribution in [0.5, 0.6) is 11.5 Å². The number of anilines is 1. The summed E-state index contributed by atoms with van der Waals surface area (Å²) in [6.07, 6.45) is 0.692. The predicted molar refractivity (Wildman–Crippen MR) is 168 cm³/mol. The monoisotopic (exact) mass is 617 g/mol. The molecule has 0 heterocycles. The molecule has 230 valence electrons. The summed E-state index contributed by atoms with van der Waals surface area (Å²) >= 11 is 0. The van der Waals surface area contributed by atoms with Crippen molar-refractivity contribution in [2.75, 3.05) is 10.8 Å². The van der Waals surface area contributed by atoms with Gasteiger partial charge in [-0.1, -0.05) is 55.5 Å². The lowest BCUT2D eigenvalue weighted by atomic mass is 10.1. The molecule has 0 saturated carbocycles. The van der Waals surface area contributed by atoms with Crippen LogP contribution in [0.15, 0.2) is 114 Å². The lowest BCUT2D eigenvalue weighted by molar-refractivity contribution is -0.139. The minimum atomic E-state index is -4.21. The van der Waals surface area contributed by atoms with Gasteiger partial charge in [-0.2, -0.15) is 0 Å². The highest BCUT2D eigenvalue weighted by atomic mass is 32.2. The van der Waals surface area contributed by atoms with Gasteiger partial charge in [0.25, 0.3) is 10.0 Å². The van der Waals surface area contributed by atoms with Crippen molar-refractivity contribution < 1.29 is 27.1 Å². The van der Waals surface area contributed by atoms with Crippen LogP contribution in [0, 0.1) is 5.82 Å². The number of ether oxygens (including phenoxy) is 1. The highest BCUT2D eigenvalue weighted by Crippen LogP contribution is 2.28. The quantitative estimate of drug-likeness (QED) is 0.194. The van der Waals surface area contributed by atoms with Crippen LogP contribution >= 0.6 is 0 Å². The summed E-state index contributed by atoms with van der Waals surface area (Å²) in [6, 6.07) is 27.9. The number of nitrogens with zero attached hydrogens (tertiary/aromatic N) is 2. The van der Waals surface area contributed by atoms with Gasteiger partial charge in [-0.05, 0) is 86.5 Å². The number of para-hydroxylation sites is 1. The molecule has 2 atom stereocenters. The maximum absolute atomic E-state index is 14.0. The van der Waals surface area contributed by atoms with Crippen molar-refractivity contribution in [3.63, 3.8) is 0 Å². The number of sulfonamides is 1. The molecule has 2 amide bonds. The molecule has 0 aliphatic heterocycles. The highest BCUT2D eigenvalue weighted by molar-refractivity contribution is 7.92. The standard InChI is InChI=1S/C34H36FN3O5S/c1-4-25(2)36-34(40)26(3)37(23-27-15-17-28(35)18-16-27)33(39)24-38(44(41,42)32-13-9-6-10-14-32)29-19-21-31(22-20-29)43-30-11-7-5-8-12-30/h5-22,25-26H,4,23-24H2,1-3H3,(H,36,40)/t25-,26-/m1/s1. The third-order valence-corrected chi connectivity index (χ3v) is 8.94. The zero-order valence-electron chi connectivity index (χ0n) is 24.9. The van der Waals surface area contributed by atoms with Crippen molar-refractivity contribution in [3.8, 4) is 11.5 Å². The minimum absolute atomic E-state index is 0.00468. The molecular formula is C34H36FN3O5S. The molecule has 0 saturated heterocycles. The molecule has 10 heteroatoms. The number of hydrogen-bond acceptors (Lipinski definition) is 5. The summed E-state index contributed by atoms with van der Waals surface area (Å²) in [5, 5.41) is 2.89. The fourth-order valence-corrected chi connectivity index (χ4v) is 5.82. The van der Waals surface area contributed by atoms with Crippen molar-refractivity contribution in [3.05, 3.63) is 121 Å². The van der Waals surface area contributed by atoms with E-state index < -0.39 is 34.3 Å². The van der Waals surface area contributed by atoms with Crippen LogP contribution in [0.4, 0.5) is 10.1 Å². The molecule has 4 rings (SSSR count). The van der Waals surface area contributed by atoms with E-state index >= 15 is 0 Å².